The topological polar surface area (TPSA) is 76.5 Å². The van der Waals surface area contributed by atoms with E-state index in [4.69, 9.17) is 17.6 Å². The van der Waals surface area contributed by atoms with Crippen molar-refractivity contribution < 1.29 is 27.2 Å². The van der Waals surface area contributed by atoms with Crippen molar-refractivity contribution in [3.8, 4) is 0 Å². The van der Waals surface area contributed by atoms with Crippen molar-refractivity contribution in [1.82, 2.24) is 5.32 Å². The third kappa shape index (κ3) is 3.72. The minimum Gasteiger partial charge on any atom is -0.355 e. The maximum atomic E-state index is 14.5. The second-order valence-electron chi connectivity index (χ2n) is 7.47. The van der Waals surface area contributed by atoms with Crippen LogP contribution in [-0.4, -0.2) is 35.7 Å². The molecule has 0 aliphatic carbocycles. The number of alkyl halides is 3. The molecule has 168 valence electrons. The van der Waals surface area contributed by atoms with Gasteiger partial charge in [0.1, 0.15) is 11.4 Å². The monoisotopic (exact) mass is 466 g/mol. The highest BCUT2D eigenvalue weighted by Gasteiger charge is 2.50. The first-order valence-corrected chi connectivity index (χ1v) is 9.67. The first-order chi connectivity index (χ1) is 14.8. The number of carbonyl (C=O) groups excluding carboxylic acids is 2. The van der Waals surface area contributed by atoms with Gasteiger partial charge in [-0.15, -0.1) is 0 Å². The van der Waals surface area contributed by atoms with Crippen molar-refractivity contribution in [2.24, 2.45) is 0 Å². The molecule has 2 amide bonds. The van der Waals surface area contributed by atoms with Gasteiger partial charge in [0.05, 0.1) is 16.8 Å². The number of nitrogens with zero attached hydrogens (tertiary/aromatic N) is 2. The second kappa shape index (κ2) is 7.97. The van der Waals surface area contributed by atoms with Gasteiger partial charge >= 0.3 is 6.18 Å². The lowest BCUT2D eigenvalue weighted by molar-refractivity contribution is -0.137. The molecule has 0 bridgehead atoms. The smallest absolute Gasteiger partial charge is 0.355 e. The molecule has 6 nitrogen and oxygen atoms in total. The van der Waals surface area contributed by atoms with Crippen LogP contribution in [0.5, 0.6) is 0 Å². The highest BCUT2D eigenvalue weighted by atomic mass is 32.1. The first kappa shape index (κ1) is 23.3. The molecule has 0 unspecified atom stereocenters. The molecule has 0 aromatic heterocycles. The van der Waals surface area contributed by atoms with Gasteiger partial charge in [0.15, 0.2) is 5.11 Å². The van der Waals surface area contributed by atoms with Crippen LogP contribution in [0.25, 0.3) is 0 Å². The number of amides is 2. The fourth-order valence-corrected chi connectivity index (χ4v) is 3.99. The zero-order chi connectivity index (χ0) is 24.0. The maximum absolute atomic E-state index is 14.5. The van der Waals surface area contributed by atoms with E-state index in [9.17, 15) is 27.2 Å². The van der Waals surface area contributed by atoms with Crippen LogP contribution in [0.4, 0.5) is 28.9 Å². The molecule has 1 aliphatic rings. The molecule has 3 rings (SSSR count). The van der Waals surface area contributed by atoms with E-state index in [1.165, 1.54) is 44.0 Å². The van der Waals surface area contributed by atoms with Gasteiger partial charge < -0.3 is 15.6 Å². The van der Waals surface area contributed by atoms with Crippen molar-refractivity contribution >= 4 is 46.7 Å². The predicted molar refractivity (Wildman–Crippen MR) is 116 cm³/mol. The van der Waals surface area contributed by atoms with Gasteiger partial charge in [0.2, 0.25) is 0 Å². The highest BCUT2D eigenvalue weighted by Crippen LogP contribution is 2.39. The predicted octanol–water partition coefficient (Wildman–Crippen LogP) is 4.12. The molecule has 1 heterocycles. The van der Waals surface area contributed by atoms with E-state index in [2.05, 4.69) is 5.32 Å². The molecule has 2 aromatic rings. The number of carbonyl (C=O) groups is 2. The van der Waals surface area contributed by atoms with Crippen LogP contribution in [0.2, 0.25) is 0 Å². The van der Waals surface area contributed by atoms with Crippen molar-refractivity contribution in [1.29, 1.82) is 5.41 Å². The molecule has 0 saturated carbocycles. The standard InChI is InChI=1S/C21H18F4N4O2S/c1-20(2)18(31)28(12-5-4-11(10-26)15(8-12)21(23,24)25)19(32)29(20)13-6-7-14(16(22)9-13)17(30)27-3/h4-10,26H,1-3H3,(H,27,30). The van der Waals surface area contributed by atoms with Gasteiger partial charge in [0, 0.05) is 24.5 Å². The van der Waals surface area contributed by atoms with E-state index in [0.29, 0.717) is 6.21 Å². The molecule has 1 fully saturated rings. The Bertz CT molecular complexity index is 1150. The van der Waals surface area contributed by atoms with Gasteiger partial charge in [-0.25, -0.2) is 4.39 Å². The molecule has 11 heteroatoms. The number of hydrogen-bond donors (Lipinski definition) is 2. The molecule has 1 saturated heterocycles. The van der Waals surface area contributed by atoms with E-state index < -0.39 is 34.9 Å². The summed E-state index contributed by atoms with van der Waals surface area (Å²) in [5.74, 6) is -2.10. The highest BCUT2D eigenvalue weighted by molar-refractivity contribution is 7.81. The zero-order valence-corrected chi connectivity index (χ0v) is 18.0. The molecular formula is C21H18F4N4O2S. The number of thiocarbonyl (C=S) groups is 1. The third-order valence-electron chi connectivity index (χ3n) is 5.11. The van der Waals surface area contributed by atoms with Crippen molar-refractivity contribution in [2.75, 3.05) is 16.8 Å². The molecule has 32 heavy (non-hydrogen) atoms. The summed E-state index contributed by atoms with van der Waals surface area (Å²) >= 11 is 5.40. The average Bonchev–Trinajstić information content (AvgIpc) is 2.90. The number of benzene rings is 2. The van der Waals surface area contributed by atoms with Gasteiger partial charge in [-0.05, 0) is 56.4 Å². The van der Waals surface area contributed by atoms with Gasteiger partial charge in [-0.2, -0.15) is 13.2 Å². The van der Waals surface area contributed by atoms with Gasteiger partial charge in [-0.3, -0.25) is 14.5 Å². The molecule has 0 radical (unpaired) electrons. The fourth-order valence-electron chi connectivity index (χ4n) is 3.47. The summed E-state index contributed by atoms with van der Waals surface area (Å²) in [7, 11) is 1.35. The average molecular weight is 466 g/mol. The summed E-state index contributed by atoms with van der Waals surface area (Å²) in [5.41, 5.74) is -2.97. The number of halogens is 4. The van der Waals surface area contributed by atoms with E-state index >= 15 is 0 Å². The lowest BCUT2D eigenvalue weighted by atomic mass is 10.0. The molecule has 0 spiro atoms. The van der Waals surface area contributed by atoms with E-state index in [-0.39, 0.29) is 27.6 Å². The Morgan fingerprint density at radius 1 is 1.16 bits per heavy atom. The molecule has 0 atom stereocenters. The largest absolute Gasteiger partial charge is 0.417 e. The van der Waals surface area contributed by atoms with Crippen LogP contribution in [0.1, 0.15) is 35.3 Å². The van der Waals surface area contributed by atoms with E-state index in [1.807, 2.05) is 0 Å². The van der Waals surface area contributed by atoms with E-state index in [1.54, 1.807) is 0 Å². The van der Waals surface area contributed by atoms with Crippen molar-refractivity contribution in [3.63, 3.8) is 0 Å². The van der Waals surface area contributed by atoms with Crippen molar-refractivity contribution in [2.45, 2.75) is 25.6 Å². The number of hydrogen-bond acceptors (Lipinski definition) is 4. The van der Waals surface area contributed by atoms with Crippen LogP contribution in [0, 0.1) is 11.2 Å². The van der Waals surface area contributed by atoms with Gasteiger partial charge in [0.25, 0.3) is 11.8 Å². The van der Waals surface area contributed by atoms with Crippen LogP contribution in [-0.2, 0) is 11.0 Å². The number of nitrogens with one attached hydrogen (secondary N) is 2. The first-order valence-electron chi connectivity index (χ1n) is 9.26. The number of anilines is 2. The molecule has 1 aliphatic heterocycles. The van der Waals surface area contributed by atoms with Crippen LogP contribution in [0.15, 0.2) is 36.4 Å². The zero-order valence-electron chi connectivity index (χ0n) is 17.2. The van der Waals surface area contributed by atoms with E-state index in [0.717, 1.165) is 23.1 Å². The van der Waals surface area contributed by atoms with Crippen LogP contribution in [0.3, 0.4) is 0 Å². The minimum atomic E-state index is -4.75. The second-order valence-corrected chi connectivity index (χ2v) is 7.84. The summed E-state index contributed by atoms with van der Waals surface area (Å²) in [4.78, 5) is 27.2. The number of rotatable bonds is 4. The molecule has 2 aromatic carbocycles. The summed E-state index contributed by atoms with van der Waals surface area (Å²) in [5, 5.41) is 9.37. The molecular weight excluding hydrogens is 448 g/mol. The molecule has 2 N–H and O–H groups in total. The van der Waals surface area contributed by atoms with Crippen LogP contribution >= 0.6 is 12.2 Å². The van der Waals surface area contributed by atoms with Crippen molar-refractivity contribution in [3.05, 3.63) is 58.9 Å². The summed E-state index contributed by atoms with van der Waals surface area (Å²) < 4.78 is 54.9. The summed E-state index contributed by atoms with van der Waals surface area (Å²) in [6.45, 7) is 3.01. The Labute approximate surface area is 186 Å². The Morgan fingerprint density at radius 3 is 2.31 bits per heavy atom. The lowest BCUT2D eigenvalue weighted by Crippen LogP contribution is -2.44. The maximum Gasteiger partial charge on any atom is 0.417 e. The van der Waals surface area contributed by atoms with Gasteiger partial charge in [-0.1, -0.05) is 6.07 Å². The van der Waals surface area contributed by atoms with Crippen LogP contribution < -0.4 is 15.1 Å². The normalized spacial score (nSPS) is 15.8. The Hall–Kier alpha value is -3.34. The Balaban J connectivity index is 2.09. The third-order valence-corrected chi connectivity index (χ3v) is 5.47. The fraction of sp³-hybridized carbons (Fsp3) is 0.238. The Morgan fingerprint density at radius 2 is 1.78 bits per heavy atom. The SMILES string of the molecule is CNC(=O)c1ccc(N2C(=S)N(c3ccc(C=N)c(C(F)(F)F)c3)C(=O)C2(C)C)cc1F. The summed E-state index contributed by atoms with van der Waals surface area (Å²) in [6, 6.07) is 6.76. The Kier molecular flexibility index (Phi) is 5.81. The summed E-state index contributed by atoms with van der Waals surface area (Å²) in [6.07, 6.45) is -4.18. The minimum absolute atomic E-state index is 0.129. The lowest BCUT2D eigenvalue weighted by Gasteiger charge is -2.29. The quantitative estimate of drug-likeness (QED) is 0.404.